The van der Waals surface area contributed by atoms with Gasteiger partial charge in [0.05, 0.1) is 15.5 Å². The predicted molar refractivity (Wildman–Crippen MR) is 121 cm³/mol. The summed E-state index contributed by atoms with van der Waals surface area (Å²) in [5, 5.41) is 11.8. The lowest BCUT2D eigenvalue weighted by Crippen LogP contribution is -2.06. The molecular weight excluding hydrogens is 455 g/mol. The van der Waals surface area contributed by atoms with E-state index in [1.807, 2.05) is 18.2 Å². The molecule has 3 aromatic rings. The molecule has 0 atom stereocenters. The SMILES string of the molecule is O=C1OC(c2cc([N+](=O)[O-])ccc2Cl)=NC1=Cc1cccc(OCc2ccccc2Cl)c1. The van der Waals surface area contributed by atoms with Gasteiger partial charge in [-0.3, -0.25) is 10.1 Å². The van der Waals surface area contributed by atoms with E-state index in [0.717, 1.165) is 5.56 Å². The molecule has 3 aromatic carbocycles. The lowest BCUT2D eigenvalue weighted by Gasteiger charge is -2.08. The molecule has 1 aliphatic rings. The molecule has 32 heavy (non-hydrogen) atoms. The van der Waals surface area contributed by atoms with E-state index >= 15 is 0 Å². The van der Waals surface area contributed by atoms with Gasteiger partial charge in [0, 0.05) is 22.7 Å². The van der Waals surface area contributed by atoms with Crippen LogP contribution in [0.3, 0.4) is 0 Å². The zero-order valence-electron chi connectivity index (χ0n) is 16.3. The number of carbonyl (C=O) groups excluding carboxylic acids is 1. The van der Waals surface area contributed by atoms with Crippen molar-refractivity contribution in [2.24, 2.45) is 4.99 Å². The summed E-state index contributed by atoms with van der Waals surface area (Å²) < 4.78 is 11.0. The Hall–Kier alpha value is -3.68. The number of halogens is 2. The predicted octanol–water partition coefficient (Wildman–Crippen LogP) is 5.83. The average molecular weight is 469 g/mol. The number of hydrogen-bond donors (Lipinski definition) is 0. The van der Waals surface area contributed by atoms with Gasteiger partial charge in [-0.2, -0.15) is 0 Å². The normalized spacial score (nSPS) is 14.2. The second kappa shape index (κ2) is 9.21. The third-order valence-electron chi connectivity index (χ3n) is 4.53. The average Bonchev–Trinajstić information content (AvgIpc) is 3.13. The number of non-ortho nitro benzene ring substituents is 1. The Morgan fingerprint density at radius 3 is 2.62 bits per heavy atom. The van der Waals surface area contributed by atoms with Crippen LogP contribution >= 0.6 is 23.2 Å². The number of cyclic esters (lactones) is 1. The first kappa shape index (κ1) is 21.5. The highest BCUT2D eigenvalue weighted by Crippen LogP contribution is 2.28. The van der Waals surface area contributed by atoms with E-state index in [4.69, 9.17) is 32.7 Å². The van der Waals surface area contributed by atoms with Crippen molar-refractivity contribution >= 4 is 46.8 Å². The fourth-order valence-electron chi connectivity index (χ4n) is 2.94. The number of nitro benzene ring substituents is 1. The van der Waals surface area contributed by atoms with E-state index < -0.39 is 10.9 Å². The maximum atomic E-state index is 12.3. The van der Waals surface area contributed by atoms with E-state index in [1.54, 1.807) is 30.3 Å². The van der Waals surface area contributed by atoms with Crippen molar-refractivity contribution in [2.75, 3.05) is 0 Å². The summed E-state index contributed by atoms with van der Waals surface area (Å²) in [6.07, 6.45) is 1.53. The van der Waals surface area contributed by atoms with Gasteiger partial charge in [0.25, 0.3) is 5.69 Å². The standard InChI is InChI=1S/C23H14Cl2N2O5/c24-19-7-2-1-5-15(19)13-31-17-6-3-4-14(10-17)11-21-23(28)32-22(26-21)18-12-16(27(29)30)8-9-20(18)25/h1-12H,13H2. The molecule has 0 spiro atoms. The summed E-state index contributed by atoms with van der Waals surface area (Å²) in [5.74, 6) is -0.206. The second-order valence-electron chi connectivity index (χ2n) is 6.71. The van der Waals surface area contributed by atoms with Crippen molar-refractivity contribution in [3.8, 4) is 5.75 Å². The molecule has 7 nitrogen and oxygen atoms in total. The van der Waals surface area contributed by atoms with Gasteiger partial charge in [-0.25, -0.2) is 9.79 Å². The molecule has 1 aliphatic heterocycles. The summed E-state index contributed by atoms with van der Waals surface area (Å²) in [4.78, 5) is 26.9. The molecule has 160 valence electrons. The van der Waals surface area contributed by atoms with Crippen molar-refractivity contribution in [3.63, 3.8) is 0 Å². The maximum absolute atomic E-state index is 12.3. The minimum absolute atomic E-state index is 0.0332. The molecule has 9 heteroatoms. The molecule has 0 fully saturated rings. The Morgan fingerprint density at radius 1 is 1.03 bits per heavy atom. The van der Waals surface area contributed by atoms with Gasteiger partial charge in [0.15, 0.2) is 5.70 Å². The van der Waals surface area contributed by atoms with E-state index in [9.17, 15) is 14.9 Å². The second-order valence-corrected chi connectivity index (χ2v) is 7.52. The Morgan fingerprint density at radius 2 is 1.84 bits per heavy atom. The topological polar surface area (TPSA) is 91.0 Å². The van der Waals surface area contributed by atoms with Gasteiger partial charge >= 0.3 is 5.97 Å². The maximum Gasteiger partial charge on any atom is 0.363 e. The first-order valence-electron chi connectivity index (χ1n) is 9.34. The highest BCUT2D eigenvalue weighted by Gasteiger charge is 2.27. The number of rotatable bonds is 6. The van der Waals surface area contributed by atoms with Crippen LogP contribution in [-0.2, 0) is 16.1 Å². The first-order chi connectivity index (χ1) is 15.4. The summed E-state index contributed by atoms with van der Waals surface area (Å²) in [6.45, 7) is 0.287. The molecule has 0 unspecified atom stereocenters. The number of ether oxygens (including phenoxy) is 2. The van der Waals surface area contributed by atoms with Gasteiger partial charge in [0.2, 0.25) is 5.90 Å². The van der Waals surface area contributed by atoms with Crippen molar-refractivity contribution in [2.45, 2.75) is 6.61 Å². The van der Waals surface area contributed by atoms with Crippen molar-refractivity contribution in [1.82, 2.24) is 0 Å². The fraction of sp³-hybridized carbons (Fsp3) is 0.0435. The Labute approximate surface area is 192 Å². The van der Waals surface area contributed by atoms with Crippen LogP contribution in [0.2, 0.25) is 10.0 Å². The molecule has 0 saturated heterocycles. The molecule has 0 amide bonds. The highest BCUT2D eigenvalue weighted by atomic mass is 35.5. The molecule has 0 bridgehead atoms. The third kappa shape index (κ3) is 4.80. The third-order valence-corrected chi connectivity index (χ3v) is 5.22. The minimum atomic E-state index is -0.690. The summed E-state index contributed by atoms with van der Waals surface area (Å²) in [7, 11) is 0. The number of nitro groups is 1. The highest BCUT2D eigenvalue weighted by molar-refractivity contribution is 6.34. The lowest BCUT2D eigenvalue weighted by molar-refractivity contribution is -0.384. The summed E-state index contributed by atoms with van der Waals surface area (Å²) >= 11 is 12.3. The van der Waals surface area contributed by atoms with Crippen LogP contribution in [0.1, 0.15) is 16.7 Å². The van der Waals surface area contributed by atoms with E-state index in [0.29, 0.717) is 16.3 Å². The van der Waals surface area contributed by atoms with Gasteiger partial charge in [-0.15, -0.1) is 0 Å². The molecule has 4 rings (SSSR count). The van der Waals surface area contributed by atoms with Gasteiger partial charge in [-0.1, -0.05) is 53.5 Å². The molecule has 0 N–H and O–H groups in total. The van der Waals surface area contributed by atoms with Crippen LogP contribution < -0.4 is 4.74 Å². The lowest BCUT2D eigenvalue weighted by atomic mass is 10.2. The van der Waals surface area contributed by atoms with Crippen LogP contribution in [0.25, 0.3) is 6.08 Å². The van der Waals surface area contributed by atoms with E-state index in [-0.39, 0.29) is 34.5 Å². The van der Waals surface area contributed by atoms with Crippen molar-refractivity contribution in [3.05, 3.63) is 109 Å². The van der Waals surface area contributed by atoms with E-state index in [1.165, 1.54) is 24.3 Å². The zero-order valence-corrected chi connectivity index (χ0v) is 17.8. The van der Waals surface area contributed by atoms with Crippen LogP contribution in [0.15, 0.2) is 77.4 Å². The zero-order chi connectivity index (χ0) is 22.7. The Kier molecular flexibility index (Phi) is 6.20. The van der Waals surface area contributed by atoms with Crippen LogP contribution in [0, 0.1) is 10.1 Å². The Bertz CT molecular complexity index is 1290. The number of aliphatic imine (C=N–C) groups is 1. The van der Waals surface area contributed by atoms with Crippen LogP contribution in [0.5, 0.6) is 5.75 Å². The number of benzene rings is 3. The molecule has 1 heterocycles. The molecule has 0 aliphatic carbocycles. The van der Waals surface area contributed by atoms with Crippen molar-refractivity contribution in [1.29, 1.82) is 0 Å². The van der Waals surface area contributed by atoms with E-state index in [2.05, 4.69) is 4.99 Å². The van der Waals surface area contributed by atoms with Crippen LogP contribution in [0.4, 0.5) is 5.69 Å². The number of hydrogen-bond acceptors (Lipinski definition) is 6. The first-order valence-corrected chi connectivity index (χ1v) is 10.1. The number of esters is 1. The summed E-state index contributed by atoms with van der Waals surface area (Å²) in [6, 6.07) is 18.3. The number of carbonyl (C=O) groups is 1. The molecule has 0 saturated carbocycles. The largest absolute Gasteiger partial charge is 0.489 e. The quantitative estimate of drug-likeness (QED) is 0.196. The van der Waals surface area contributed by atoms with Crippen molar-refractivity contribution < 1.29 is 19.2 Å². The van der Waals surface area contributed by atoms with Crippen LogP contribution in [-0.4, -0.2) is 16.8 Å². The Balaban J connectivity index is 1.56. The van der Waals surface area contributed by atoms with Gasteiger partial charge in [-0.05, 0) is 35.9 Å². The van der Waals surface area contributed by atoms with Gasteiger partial charge < -0.3 is 9.47 Å². The molecular formula is C23H14Cl2N2O5. The minimum Gasteiger partial charge on any atom is -0.489 e. The smallest absolute Gasteiger partial charge is 0.363 e. The summed E-state index contributed by atoms with van der Waals surface area (Å²) in [5.41, 5.74) is 1.51. The molecule has 0 radical (unpaired) electrons. The fourth-order valence-corrected chi connectivity index (χ4v) is 3.33. The monoisotopic (exact) mass is 468 g/mol. The molecule has 0 aromatic heterocycles. The van der Waals surface area contributed by atoms with Gasteiger partial charge in [0.1, 0.15) is 12.4 Å². The number of nitrogens with zero attached hydrogens (tertiary/aromatic N) is 2.